The van der Waals surface area contributed by atoms with Crippen LogP contribution in [0, 0.1) is 0 Å². The monoisotopic (exact) mass is 190 g/mol. The van der Waals surface area contributed by atoms with Crippen LogP contribution in [0.4, 0.5) is 17.6 Å². The maximum atomic E-state index is 12.4. The van der Waals surface area contributed by atoms with Crippen molar-refractivity contribution in [3.8, 4) is 0 Å². The molecule has 2 N–H and O–H groups in total. The Morgan fingerprint density at radius 2 is 1.42 bits per heavy atom. The summed E-state index contributed by atoms with van der Waals surface area (Å²) in [6.45, 7) is -2.46. The number of hydrogen-bond acceptors (Lipinski definition) is 2. The van der Waals surface area contributed by atoms with E-state index in [2.05, 4.69) is 0 Å². The number of hydrogen-bond donors (Lipinski definition) is 2. The molecule has 0 aliphatic rings. The van der Waals surface area contributed by atoms with Gasteiger partial charge in [-0.1, -0.05) is 0 Å². The van der Waals surface area contributed by atoms with Crippen molar-refractivity contribution in [2.75, 3.05) is 13.2 Å². The summed E-state index contributed by atoms with van der Waals surface area (Å²) in [5, 5.41) is 16.1. The molecule has 0 spiro atoms. The van der Waals surface area contributed by atoms with Gasteiger partial charge in [0.25, 0.3) is 11.8 Å². The molecule has 0 saturated carbocycles. The van der Waals surface area contributed by atoms with Gasteiger partial charge in [-0.2, -0.15) is 0 Å². The number of alkyl halides is 4. The summed E-state index contributed by atoms with van der Waals surface area (Å²) < 4.78 is 49.0. The maximum absolute atomic E-state index is 12.4. The largest absolute Gasteiger partial charge is 0.396 e. The second-order valence-electron chi connectivity index (χ2n) is 2.52. The van der Waals surface area contributed by atoms with Crippen LogP contribution in [0.1, 0.15) is 12.8 Å². The minimum absolute atomic E-state index is 0.853. The normalized spacial score (nSPS) is 13.5. The molecule has 0 aliphatic carbocycles. The number of aliphatic hydroxyl groups is 2. The molecule has 0 amide bonds. The van der Waals surface area contributed by atoms with Gasteiger partial charge in [0.05, 0.1) is 6.42 Å². The molecule has 0 aliphatic heterocycles. The lowest BCUT2D eigenvalue weighted by Crippen LogP contribution is -2.32. The topological polar surface area (TPSA) is 40.5 Å². The molecule has 74 valence electrons. The molecule has 0 bridgehead atoms. The van der Waals surface area contributed by atoms with Crippen molar-refractivity contribution in [3.63, 3.8) is 0 Å². The van der Waals surface area contributed by atoms with E-state index in [9.17, 15) is 17.6 Å². The number of aliphatic hydroxyl groups excluding tert-OH is 2. The van der Waals surface area contributed by atoms with Gasteiger partial charge >= 0.3 is 0 Å². The zero-order chi connectivity index (χ0) is 9.83. The molecule has 0 unspecified atom stereocenters. The Morgan fingerprint density at radius 3 is 1.75 bits per heavy atom. The molecular formula is C6H10F4O2. The van der Waals surface area contributed by atoms with Crippen LogP contribution in [-0.2, 0) is 0 Å². The van der Waals surface area contributed by atoms with Gasteiger partial charge in [0.1, 0.15) is 6.61 Å². The highest BCUT2D eigenvalue weighted by molar-refractivity contribution is 4.76. The van der Waals surface area contributed by atoms with E-state index in [1.165, 1.54) is 0 Å². The highest BCUT2D eigenvalue weighted by atomic mass is 19.3. The fraction of sp³-hybridized carbons (Fsp3) is 1.00. The zero-order valence-electron chi connectivity index (χ0n) is 6.23. The fourth-order valence-electron chi connectivity index (χ4n) is 0.686. The molecule has 0 atom stereocenters. The summed E-state index contributed by atoms with van der Waals surface area (Å²) in [5.74, 6) is -7.40. The highest BCUT2D eigenvalue weighted by Gasteiger charge is 2.42. The average Bonchev–Trinajstić information content (AvgIpc) is 1.85. The number of halogens is 4. The third-order valence-corrected chi connectivity index (χ3v) is 1.23. The van der Waals surface area contributed by atoms with Crippen LogP contribution in [0.3, 0.4) is 0 Å². The smallest absolute Gasteiger partial charge is 0.276 e. The molecule has 2 nitrogen and oxygen atoms in total. The molecule has 0 radical (unpaired) electrons. The second kappa shape index (κ2) is 4.04. The first-order valence-corrected chi connectivity index (χ1v) is 3.30. The Hall–Kier alpha value is -0.360. The van der Waals surface area contributed by atoms with Crippen molar-refractivity contribution in [1.29, 1.82) is 0 Å². The van der Waals surface area contributed by atoms with E-state index in [0.29, 0.717) is 0 Å². The minimum Gasteiger partial charge on any atom is -0.396 e. The van der Waals surface area contributed by atoms with Crippen LogP contribution in [0.5, 0.6) is 0 Å². The molecule has 0 aromatic carbocycles. The summed E-state index contributed by atoms with van der Waals surface area (Å²) in [5.41, 5.74) is 0. The number of rotatable bonds is 5. The van der Waals surface area contributed by atoms with Gasteiger partial charge in [0, 0.05) is 13.0 Å². The van der Waals surface area contributed by atoms with Crippen LogP contribution in [0.2, 0.25) is 0 Å². The first-order valence-electron chi connectivity index (χ1n) is 3.30. The molecule has 0 heterocycles. The van der Waals surface area contributed by atoms with E-state index in [4.69, 9.17) is 10.2 Å². The molecule has 0 saturated heterocycles. The van der Waals surface area contributed by atoms with E-state index in [0.717, 1.165) is 0 Å². The van der Waals surface area contributed by atoms with Crippen molar-refractivity contribution >= 4 is 0 Å². The molecule has 0 rings (SSSR count). The predicted octanol–water partition coefficient (Wildman–Crippen LogP) is 1.02. The maximum Gasteiger partial charge on any atom is 0.276 e. The van der Waals surface area contributed by atoms with Gasteiger partial charge in [0.15, 0.2) is 0 Å². The molecule has 0 aromatic rings. The van der Waals surface area contributed by atoms with Gasteiger partial charge in [-0.15, -0.1) is 0 Å². The average molecular weight is 190 g/mol. The minimum atomic E-state index is -3.78. The Morgan fingerprint density at radius 1 is 0.917 bits per heavy atom. The van der Waals surface area contributed by atoms with E-state index >= 15 is 0 Å². The van der Waals surface area contributed by atoms with Crippen molar-refractivity contribution in [2.24, 2.45) is 0 Å². The van der Waals surface area contributed by atoms with Gasteiger partial charge in [-0.05, 0) is 0 Å². The van der Waals surface area contributed by atoms with E-state index in [1.807, 2.05) is 0 Å². The lowest BCUT2D eigenvalue weighted by atomic mass is 10.1. The van der Waals surface area contributed by atoms with E-state index in [1.54, 1.807) is 0 Å². The van der Waals surface area contributed by atoms with Crippen molar-refractivity contribution < 1.29 is 27.8 Å². The van der Waals surface area contributed by atoms with E-state index < -0.39 is 37.9 Å². The first-order chi connectivity index (χ1) is 5.33. The zero-order valence-corrected chi connectivity index (χ0v) is 6.23. The lowest BCUT2D eigenvalue weighted by Gasteiger charge is -2.20. The lowest BCUT2D eigenvalue weighted by molar-refractivity contribution is -0.137. The summed E-state index contributed by atoms with van der Waals surface area (Å²) in [7, 11) is 0. The van der Waals surface area contributed by atoms with E-state index in [-0.39, 0.29) is 0 Å². The third-order valence-electron chi connectivity index (χ3n) is 1.23. The van der Waals surface area contributed by atoms with Crippen LogP contribution in [0.15, 0.2) is 0 Å². The second-order valence-corrected chi connectivity index (χ2v) is 2.52. The van der Waals surface area contributed by atoms with Crippen molar-refractivity contribution in [3.05, 3.63) is 0 Å². The molecule has 0 fully saturated rings. The van der Waals surface area contributed by atoms with Gasteiger partial charge < -0.3 is 10.2 Å². The molecular weight excluding hydrogens is 180 g/mol. The van der Waals surface area contributed by atoms with Crippen LogP contribution in [0.25, 0.3) is 0 Å². The summed E-state index contributed by atoms with van der Waals surface area (Å²) >= 11 is 0. The Labute approximate surface area is 66.8 Å². The predicted molar refractivity (Wildman–Crippen MR) is 33.3 cm³/mol. The SMILES string of the molecule is OCCC(F)(F)CC(F)(F)CO. The van der Waals surface area contributed by atoms with Crippen LogP contribution < -0.4 is 0 Å². The van der Waals surface area contributed by atoms with Crippen molar-refractivity contribution in [1.82, 2.24) is 0 Å². The Bertz CT molecular complexity index is 138. The summed E-state index contributed by atoms with van der Waals surface area (Å²) in [6, 6.07) is 0. The van der Waals surface area contributed by atoms with Crippen LogP contribution in [-0.4, -0.2) is 35.3 Å². The van der Waals surface area contributed by atoms with Crippen molar-refractivity contribution in [2.45, 2.75) is 24.7 Å². The summed E-state index contributed by atoms with van der Waals surface area (Å²) in [4.78, 5) is 0. The van der Waals surface area contributed by atoms with Crippen LogP contribution >= 0.6 is 0 Å². The van der Waals surface area contributed by atoms with Gasteiger partial charge in [-0.25, -0.2) is 17.6 Å². The third kappa shape index (κ3) is 4.50. The Balaban J connectivity index is 4.04. The molecule has 0 aromatic heterocycles. The standard InChI is InChI=1S/C6H10F4O2/c7-5(8,1-2-11)3-6(9,10)4-12/h11-12H,1-4H2. The summed E-state index contributed by atoms with van der Waals surface area (Å²) in [6.07, 6.45) is -2.74. The van der Waals surface area contributed by atoms with Gasteiger partial charge in [-0.3, -0.25) is 0 Å². The highest BCUT2D eigenvalue weighted by Crippen LogP contribution is 2.32. The quantitative estimate of drug-likeness (QED) is 0.635. The van der Waals surface area contributed by atoms with Gasteiger partial charge in [0.2, 0.25) is 0 Å². The Kier molecular flexibility index (Phi) is 3.92. The first kappa shape index (κ1) is 11.6. The molecule has 6 heteroatoms. The molecule has 12 heavy (non-hydrogen) atoms. The fourth-order valence-corrected chi connectivity index (χ4v) is 0.686.